The van der Waals surface area contributed by atoms with E-state index in [4.69, 9.17) is 18.6 Å². The van der Waals surface area contributed by atoms with Crippen molar-refractivity contribution in [3.63, 3.8) is 0 Å². The van der Waals surface area contributed by atoms with Crippen LogP contribution in [-0.4, -0.2) is 68.2 Å². The van der Waals surface area contributed by atoms with Crippen LogP contribution in [0, 0.1) is 0 Å². The summed E-state index contributed by atoms with van der Waals surface area (Å²) in [5.41, 5.74) is 2.04. The van der Waals surface area contributed by atoms with Crippen LogP contribution >= 0.6 is 0 Å². The average Bonchev–Trinajstić information content (AvgIpc) is 3.38. The molecule has 0 spiro atoms. The van der Waals surface area contributed by atoms with E-state index in [0.717, 1.165) is 42.9 Å². The highest BCUT2D eigenvalue weighted by molar-refractivity contribution is 5.76. The first-order chi connectivity index (χ1) is 17.1. The van der Waals surface area contributed by atoms with Crippen LogP contribution in [-0.2, 0) is 17.8 Å². The predicted molar refractivity (Wildman–Crippen MR) is 133 cm³/mol. The molecule has 3 aromatic rings. The molecule has 1 fully saturated rings. The lowest BCUT2D eigenvalue weighted by molar-refractivity contribution is -0.133. The van der Waals surface area contributed by atoms with Gasteiger partial charge < -0.3 is 23.5 Å². The Balaban J connectivity index is 1.23. The van der Waals surface area contributed by atoms with Crippen LogP contribution in [0.5, 0.6) is 17.2 Å². The topological polar surface area (TPSA) is 77.3 Å². The Morgan fingerprint density at radius 3 is 2.37 bits per heavy atom. The lowest BCUT2D eigenvalue weighted by Crippen LogP contribution is -2.48. The molecule has 0 saturated carbocycles. The van der Waals surface area contributed by atoms with E-state index in [1.165, 1.54) is 0 Å². The highest BCUT2D eigenvalue weighted by atomic mass is 16.5. The van der Waals surface area contributed by atoms with E-state index in [-0.39, 0.29) is 5.91 Å². The molecule has 35 heavy (non-hydrogen) atoms. The van der Waals surface area contributed by atoms with Crippen molar-refractivity contribution in [3.8, 4) is 28.6 Å². The number of rotatable bonds is 10. The van der Waals surface area contributed by atoms with Crippen LogP contribution in [0.15, 0.2) is 53.1 Å². The lowest BCUT2D eigenvalue weighted by Gasteiger charge is -2.35. The number of piperazine rings is 1. The summed E-state index contributed by atoms with van der Waals surface area (Å²) < 4.78 is 22.3. The molecule has 0 unspecified atom stereocenters. The van der Waals surface area contributed by atoms with Gasteiger partial charge >= 0.3 is 0 Å². The minimum absolute atomic E-state index is 0.184. The maximum Gasteiger partial charge on any atom is 0.222 e. The number of hydrogen-bond acceptors (Lipinski definition) is 7. The van der Waals surface area contributed by atoms with Crippen LogP contribution in [0.4, 0.5) is 0 Å². The molecule has 8 nitrogen and oxygen atoms in total. The molecule has 186 valence electrons. The second-order valence-corrected chi connectivity index (χ2v) is 8.49. The summed E-state index contributed by atoms with van der Waals surface area (Å²) in [5.74, 6) is 3.54. The summed E-state index contributed by atoms with van der Waals surface area (Å²) in [5, 5.41) is 0. The third-order valence-electron chi connectivity index (χ3n) is 6.30. The van der Waals surface area contributed by atoms with E-state index in [9.17, 15) is 4.79 Å². The SMILES string of the molecule is COc1ccc(CN2CCN(C(=O)CCCc3ncc(-c4ccccc4)o3)CC2)c(OC)c1OC. The fourth-order valence-corrected chi connectivity index (χ4v) is 4.39. The van der Waals surface area contributed by atoms with Crippen LogP contribution in [0.1, 0.15) is 24.3 Å². The van der Waals surface area contributed by atoms with E-state index in [1.54, 1.807) is 27.5 Å². The number of carbonyl (C=O) groups is 1. The second kappa shape index (κ2) is 11.8. The molecule has 4 rings (SSSR count). The zero-order chi connectivity index (χ0) is 24.6. The molecule has 0 aliphatic carbocycles. The lowest BCUT2D eigenvalue weighted by atomic mass is 10.1. The van der Waals surface area contributed by atoms with Crippen molar-refractivity contribution in [3.05, 3.63) is 60.1 Å². The largest absolute Gasteiger partial charge is 0.493 e. The molecule has 1 aliphatic rings. The Morgan fingerprint density at radius 1 is 0.943 bits per heavy atom. The first kappa shape index (κ1) is 24.6. The number of amides is 1. The van der Waals surface area contributed by atoms with Crippen molar-refractivity contribution < 1.29 is 23.4 Å². The summed E-state index contributed by atoms with van der Waals surface area (Å²) in [6.07, 6.45) is 3.61. The highest BCUT2D eigenvalue weighted by Gasteiger charge is 2.23. The molecule has 0 atom stereocenters. The number of ether oxygens (including phenoxy) is 3. The molecular formula is C27H33N3O5. The van der Waals surface area contributed by atoms with Gasteiger partial charge in [0.1, 0.15) is 0 Å². The van der Waals surface area contributed by atoms with Crippen LogP contribution in [0.25, 0.3) is 11.3 Å². The van der Waals surface area contributed by atoms with Crippen LogP contribution < -0.4 is 14.2 Å². The Kier molecular flexibility index (Phi) is 8.26. The van der Waals surface area contributed by atoms with E-state index in [1.807, 2.05) is 47.4 Å². The number of oxazole rings is 1. The van der Waals surface area contributed by atoms with Gasteiger partial charge in [-0.25, -0.2) is 4.98 Å². The number of benzene rings is 2. The van der Waals surface area contributed by atoms with Crippen molar-refractivity contribution in [2.45, 2.75) is 25.8 Å². The van der Waals surface area contributed by atoms with Crippen molar-refractivity contribution in [1.82, 2.24) is 14.8 Å². The second-order valence-electron chi connectivity index (χ2n) is 8.49. The monoisotopic (exact) mass is 479 g/mol. The Morgan fingerprint density at radius 2 is 1.69 bits per heavy atom. The van der Waals surface area contributed by atoms with Crippen molar-refractivity contribution in [1.29, 1.82) is 0 Å². The molecule has 1 saturated heterocycles. The smallest absolute Gasteiger partial charge is 0.222 e. The Hall–Kier alpha value is -3.52. The van der Waals surface area contributed by atoms with E-state index < -0.39 is 0 Å². The zero-order valence-electron chi connectivity index (χ0n) is 20.7. The van der Waals surface area contributed by atoms with Crippen molar-refractivity contribution >= 4 is 5.91 Å². The molecule has 8 heteroatoms. The molecule has 1 aromatic heterocycles. The maximum absolute atomic E-state index is 12.7. The summed E-state index contributed by atoms with van der Waals surface area (Å²) in [6.45, 7) is 3.77. The molecule has 0 N–H and O–H groups in total. The third-order valence-corrected chi connectivity index (χ3v) is 6.30. The summed E-state index contributed by atoms with van der Waals surface area (Å²) >= 11 is 0. The fourth-order valence-electron chi connectivity index (χ4n) is 4.39. The van der Waals surface area contributed by atoms with Gasteiger partial charge in [-0.05, 0) is 12.5 Å². The van der Waals surface area contributed by atoms with Gasteiger partial charge in [-0.1, -0.05) is 36.4 Å². The Labute approximate surface area is 206 Å². The van der Waals surface area contributed by atoms with E-state index in [2.05, 4.69) is 9.88 Å². The number of carbonyl (C=O) groups excluding carboxylic acids is 1. The van der Waals surface area contributed by atoms with Crippen molar-refractivity contribution in [2.24, 2.45) is 0 Å². The standard InChI is InChI=1S/C27H33N3O5/c1-32-22-13-12-21(26(33-2)27(22)34-3)19-29-14-16-30(17-15-29)25(31)11-7-10-24-28-18-23(35-24)20-8-5-4-6-9-20/h4-6,8-9,12-13,18H,7,10-11,14-17,19H2,1-3H3. The Bertz CT molecular complexity index is 1110. The number of nitrogens with zero attached hydrogens (tertiary/aromatic N) is 3. The molecule has 1 amide bonds. The van der Waals surface area contributed by atoms with Gasteiger partial charge in [0.2, 0.25) is 11.7 Å². The number of methoxy groups -OCH3 is 3. The number of hydrogen-bond donors (Lipinski definition) is 0. The quantitative estimate of drug-likeness (QED) is 0.434. The average molecular weight is 480 g/mol. The van der Waals surface area contributed by atoms with Gasteiger partial charge in [0.25, 0.3) is 0 Å². The number of aromatic nitrogens is 1. The molecular weight excluding hydrogens is 446 g/mol. The number of aryl methyl sites for hydroxylation is 1. The third kappa shape index (κ3) is 5.95. The van der Waals surface area contributed by atoms with Crippen LogP contribution in [0.2, 0.25) is 0 Å². The molecule has 0 bridgehead atoms. The first-order valence-corrected chi connectivity index (χ1v) is 11.9. The minimum atomic E-state index is 0.184. The van der Waals surface area contributed by atoms with Gasteiger partial charge in [-0.2, -0.15) is 0 Å². The first-order valence-electron chi connectivity index (χ1n) is 11.9. The summed E-state index contributed by atoms with van der Waals surface area (Å²) in [4.78, 5) is 21.4. The van der Waals surface area contributed by atoms with Gasteiger partial charge in [0.05, 0.1) is 27.5 Å². The fraction of sp³-hybridized carbons (Fsp3) is 0.407. The van der Waals surface area contributed by atoms with E-state index >= 15 is 0 Å². The molecule has 1 aliphatic heterocycles. The predicted octanol–water partition coefficient (Wildman–Crippen LogP) is 4.03. The van der Waals surface area contributed by atoms with Gasteiger partial charge in [0.15, 0.2) is 23.1 Å². The highest BCUT2D eigenvalue weighted by Crippen LogP contribution is 2.40. The minimum Gasteiger partial charge on any atom is -0.493 e. The molecule has 2 aromatic carbocycles. The van der Waals surface area contributed by atoms with Crippen LogP contribution in [0.3, 0.4) is 0 Å². The van der Waals surface area contributed by atoms with Gasteiger partial charge in [0, 0.05) is 56.7 Å². The van der Waals surface area contributed by atoms with E-state index in [0.29, 0.717) is 49.1 Å². The van der Waals surface area contributed by atoms with Crippen molar-refractivity contribution in [2.75, 3.05) is 47.5 Å². The molecule has 0 radical (unpaired) electrons. The molecule has 2 heterocycles. The van der Waals surface area contributed by atoms with Gasteiger partial charge in [-0.3, -0.25) is 9.69 Å². The summed E-state index contributed by atoms with van der Waals surface area (Å²) in [7, 11) is 4.86. The maximum atomic E-state index is 12.7. The van der Waals surface area contributed by atoms with Gasteiger partial charge in [-0.15, -0.1) is 0 Å². The normalized spacial score (nSPS) is 14.1. The summed E-state index contributed by atoms with van der Waals surface area (Å²) in [6, 6.07) is 13.8. The zero-order valence-corrected chi connectivity index (χ0v) is 20.7.